The molecule has 0 heterocycles. The highest BCUT2D eigenvalue weighted by Crippen LogP contribution is 2.19. The topological polar surface area (TPSA) is 108 Å². The molecule has 494 valence electrons. The minimum Gasteiger partial charge on any atom is -0.477 e. The molecule has 0 saturated heterocycles. The number of rotatable bonds is 67. The van der Waals surface area contributed by atoms with Crippen molar-refractivity contribution >= 4 is 17.9 Å². The summed E-state index contributed by atoms with van der Waals surface area (Å²) in [5, 5.41) is 9.74. The molecule has 0 rings (SSSR count). The molecular formula is C76H138NO8+. The van der Waals surface area contributed by atoms with E-state index in [1.165, 1.54) is 205 Å². The van der Waals surface area contributed by atoms with Crippen LogP contribution < -0.4 is 0 Å². The van der Waals surface area contributed by atoms with Gasteiger partial charge in [0.1, 0.15) is 13.2 Å². The number of nitrogens with zero attached hydrogens (tertiary/aromatic N) is 1. The minimum absolute atomic E-state index is 0.183. The van der Waals surface area contributed by atoms with Gasteiger partial charge in [-0.05, 0) is 64.2 Å². The highest BCUT2D eigenvalue weighted by atomic mass is 16.7. The Balaban J connectivity index is 4.06. The van der Waals surface area contributed by atoms with Crippen LogP contribution in [-0.4, -0.2) is 87.4 Å². The second kappa shape index (κ2) is 66.7. The summed E-state index contributed by atoms with van der Waals surface area (Å²) >= 11 is 0. The number of quaternary nitrogens is 1. The van der Waals surface area contributed by atoms with E-state index in [1.807, 2.05) is 21.1 Å². The van der Waals surface area contributed by atoms with Crippen LogP contribution in [0.5, 0.6) is 0 Å². The molecule has 0 radical (unpaired) electrons. The zero-order valence-electron chi connectivity index (χ0n) is 56.5. The summed E-state index contributed by atoms with van der Waals surface area (Å²) in [6, 6.07) is 0. The fraction of sp³-hybridized carbons (Fsp3) is 0.803. The number of carbonyl (C=O) groups excluding carboxylic acids is 2. The lowest BCUT2D eigenvalue weighted by Crippen LogP contribution is -2.40. The highest BCUT2D eigenvalue weighted by Gasteiger charge is 2.25. The third kappa shape index (κ3) is 68.1. The van der Waals surface area contributed by atoms with Crippen molar-refractivity contribution in [1.82, 2.24) is 0 Å². The van der Waals surface area contributed by atoms with E-state index in [4.69, 9.17) is 18.9 Å². The molecule has 0 aliphatic heterocycles. The van der Waals surface area contributed by atoms with E-state index in [0.717, 1.165) is 96.3 Å². The van der Waals surface area contributed by atoms with E-state index < -0.39 is 24.3 Å². The van der Waals surface area contributed by atoms with E-state index in [2.05, 4.69) is 86.8 Å². The van der Waals surface area contributed by atoms with Gasteiger partial charge in [0.25, 0.3) is 6.29 Å². The van der Waals surface area contributed by atoms with Gasteiger partial charge in [0.15, 0.2) is 6.10 Å². The number of likely N-dealkylation sites (N-methyl/N-ethyl adjacent to an activating group) is 1. The summed E-state index contributed by atoms with van der Waals surface area (Å²) in [4.78, 5) is 37.6. The van der Waals surface area contributed by atoms with Crippen LogP contribution in [0.4, 0.5) is 0 Å². The van der Waals surface area contributed by atoms with Gasteiger partial charge in [0.05, 0.1) is 34.4 Å². The summed E-state index contributed by atoms with van der Waals surface area (Å²) in [6.07, 6.45) is 86.1. The van der Waals surface area contributed by atoms with E-state index in [0.29, 0.717) is 23.9 Å². The molecule has 0 amide bonds. The standard InChI is InChI=1S/C76H137NO8/c1-6-8-10-12-14-16-18-20-22-24-26-28-30-32-33-34-35-36-37-38-39-40-41-43-44-46-48-50-52-54-56-58-60-62-64-66-73(78)83-70-72(71-84-76(75(80)81)82-69-68-77(3,4)5)85-74(79)67-65-63-61-59-57-55-53-51-49-47-45-42-31-29-27-25-23-21-19-17-15-13-11-9-7-2/h9,11,15,17,21,23,27,29,42,45,49,51,72,76H,6-8,10,12-14,16,18-20,22,24-26,28,30-41,43-44,46-48,50,52-71H2,1-5H3/p+1/b11-9-,17-15-,23-21-,29-27-,45-42-,51-49-. The van der Waals surface area contributed by atoms with E-state index in [9.17, 15) is 19.5 Å². The number of hydrogen-bond donors (Lipinski definition) is 1. The maximum atomic E-state index is 12.9. The van der Waals surface area contributed by atoms with Crippen molar-refractivity contribution < 1.29 is 42.9 Å². The number of hydrogen-bond acceptors (Lipinski definition) is 7. The number of carbonyl (C=O) groups is 3. The molecule has 0 aromatic carbocycles. The van der Waals surface area contributed by atoms with Gasteiger partial charge in [0.2, 0.25) is 0 Å². The maximum absolute atomic E-state index is 12.9. The quantitative estimate of drug-likeness (QED) is 0.0211. The van der Waals surface area contributed by atoms with Crippen LogP contribution in [0.25, 0.3) is 0 Å². The molecular weight excluding hydrogens is 1050 g/mol. The van der Waals surface area contributed by atoms with Crippen molar-refractivity contribution in [2.75, 3.05) is 47.5 Å². The molecule has 0 aromatic heterocycles. The first-order valence-electron chi connectivity index (χ1n) is 36.1. The van der Waals surface area contributed by atoms with Crippen molar-refractivity contribution in [3.8, 4) is 0 Å². The summed E-state index contributed by atoms with van der Waals surface area (Å²) in [5.41, 5.74) is 0. The van der Waals surface area contributed by atoms with E-state index in [1.54, 1.807) is 0 Å². The number of ether oxygens (including phenoxy) is 4. The first-order chi connectivity index (χ1) is 41.6. The molecule has 1 N–H and O–H groups in total. The van der Waals surface area contributed by atoms with Crippen molar-refractivity contribution in [3.05, 3.63) is 72.9 Å². The molecule has 0 aromatic rings. The van der Waals surface area contributed by atoms with Crippen LogP contribution in [0.15, 0.2) is 72.9 Å². The lowest BCUT2D eigenvalue weighted by atomic mass is 10.0. The van der Waals surface area contributed by atoms with Crippen molar-refractivity contribution in [2.45, 2.75) is 347 Å². The molecule has 2 atom stereocenters. The molecule has 9 nitrogen and oxygen atoms in total. The summed E-state index contributed by atoms with van der Waals surface area (Å²) < 4.78 is 23.0. The van der Waals surface area contributed by atoms with Crippen molar-refractivity contribution in [3.63, 3.8) is 0 Å². The average molecular weight is 1190 g/mol. The summed E-state index contributed by atoms with van der Waals surface area (Å²) in [7, 11) is 5.97. The fourth-order valence-corrected chi connectivity index (χ4v) is 10.5. The Morgan fingerprint density at radius 2 is 0.671 bits per heavy atom. The molecule has 0 spiro atoms. The van der Waals surface area contributed by atoms with Crippen LogP contribution >= 0.6 is 0 Å². The smallest absolute Gasteiger partial charge is 0.361 e. The second-order valence-corrected chi connectivity index (χ2v) is 25.5. The molecule has 2 unspecified atom stereocenters. The second-order valence-electron chi connectivity index (χ2n) is 25.5. The van der Waals surface area contributed by atoms with Gasteiger partial charge >= 0.3 is 17.9 Å². The fourth-order valence-electron chi connectivity index (χ4n) is 10.5. The molecule has 0 saturated carbocycles. The van der Waals surface area contributed by atoms with Crippen LogP contribution in [-0.2, 0) is 33.3 Å². The van der Waals surface area contributed by atoms with Gasteiger partial charge in [0, 0.05) is 12.8 Å². The lowest BCUT2D eigenvalue weighted by molar-refractivity contribution is -0.870. The van der Waals surface area contributed by atoms with Crippen LogP contribution in [0, 0.1) is 0 Å². The number of carboxylic acid groups (broad SMARTS) is 1. The van der Waals surface area contributed by atoms with Crippen molar-refractivity contribution in [2.24, 2.45) is 0 Å². The van der Waals surface area contributed by atoms with Gasteiger partial charge in [-0.3, -0.25) is 9.59 Å². The summed E-state index contributed by atoms with van der Waals surface area (Å²) in [6.45, 7) is 4.79. The first kappa shape index (κ1) is 81.7. The SMILES string of the molecule is CC/C=C\C/C=C\C/C=C\C/C=C\C/C=C\C/C=C\CCCCCCCCC(=O)OC(COC(=O)CCCCCCCCCCCCCCCCCCCCCCCCCCCCCCCCCCCCC)COC(OCC[N+](C)(C)C)C(=O)O. The number of esters is 2. The normalized spacial score (nSPS) is 13.1. The Morgan fingerprint density at radius 3 is 1.00 bits per heavy atom. The van der Waals surface area contributed by atoms with Gasteiger partial charge in [-0.1, -0.05) is 331 Å². The van der Waals surface area contributed by atoms with Crippen LogP contribution in [0.2, 0.25) is 0 Å². The van der Waals surface area contributed by atoms with E-state index in [-0.39, 0.29) is 32.2 Å². The van der Waals surface area contributed by atoms with Gasteiger partial charge in [-0.25, -0.2) is 4.79 Å². The van der Waals surface area contributed by atoms with Crippen LogP contribution in [0.1, 0.15) is 335 Å². The Morgan fingerprint density at radius 1 is 0.365 bits per heavy atom. The van der Waals surface area contributed by atoms with Gasteiger partial charge in [-0.2, -0.15) is 0 Å². The lowest BCUT2D eigenvalue weighted by Gasteiger charge is -2.25. The monoisotopic (exact) mass is 1190 g/mol. The summed E-state index contributed by atoms with van der Waals surface area (Å²) in [5.74, 6) is -2.01. The average Bonchev–Trinajstić information content (AvgIpc) is 3.49. The Bertz CT molecular complexity index is 1620. The maximum Gasteiger partial charge on any atom is 0.361 e. The number of aliphatic carboxylic acids is 1. The number of carboxylic acids is 1. The molecule has 0 bridgehead atoms. The van der Waals surface area contributed by atoms with Gasteiger partial charge < -0.3 is 28.5 Å². The number of allylic oxidation sites excluding steroid dienone is 12. The Kier molecular flexibility index (Phi) is 64.1. The predicted octanol–water partition coefficient (Wildman–Crippen LogP) is 22.5. The minimum atomic E-state index is -1.52. The highest BCUT2D eigenvalue weighted by molar-refractivity contribution is 5.71. The van der Waals surface area contributed by atoms with E-state index >= 15 is 0 Å². The Labute approximate surface area is 526 Å². The predicted molar refractivity (Wildman–Crippen MR) is 364 cm³/mol. The number of unbranched alkanes of at least 4 members (excludes halogenated alkanes) is 40. The molecule has 85 heavy (non-hydrogen) atoms. The van der Waals surface area contributed by atoms with Crippen molar-refractivity contribution in [1.29, 1.82) is 0 Å². The molecule has 0 fully saturated rings. The largest absolute Gasteiger partial charge is 0.477 e. The zero-order chi connectivity index (χ0) is 61.9. The Hall–Kier alpha value is -3.27. The third-order valence-electron chi connectivity index (χ3n) is 16.0. The zero-order valence-corrected chi connectivity index (χ0v) is 56.5. The van der Waals surface area contributed by atoms with Crippen LogP contribution in [0.3, 0.4) is 0 Å². The molecule has 9 heteroatoms. The third-order valence-corrected chi connectivity index (χ3v) is 16.0. The first-order valence-corrected chi connectivity index (χ1v) is 36.1. The van der Waals surface area contributed by atoms with Gasteiger partial charge in [-0.15, -0.1) is 0 Å². The molecule has 0 aliphatic rings. The molecule has 0 aliphatic carbocycles.